The van der Waals surface area contributed by atoms with Crippen molar-refractivity contribution in [2.45, 2.75) is 37.8 Å². The predicted octanol–water partition coefficient (Wildman–Crippen LogP) is 3.48. The Hall–Kier alpha value is -3.43. The topological polar surface area (TPSA) is 105 Å². The van der Waals surface area contributed by atoms with Crippen LogP contribution in [0.5, 0.6) is 5.75 Å². The summed E-state index contributed by atoms with van der Waals surface area (Å²) < 4.78 is 21.2. The number of pyridine rings is 1. The standard InChI is InChI=1S/C26H29N3O6/c1-26(2)24-20(14-35-26)17-9-23(34-7-5-6-33-4)16(15-11-27-28(3)12-15)8-18(17)21-10-22(30)19(25(31)32)13-29(21)24/h8-13,20,24H,5-7,14H2,1-4H3,(H,31,32)/t20-,24+/m1/s1. The largest absolute Gasteiger partial charge is 0.493 e. The highest BCUT2D eigenvalue weighted by Crippen LogP contribution is 2.54. The van der Waals surface area contributed by atoms with Crippen LogP contribution in [0.3, 0.4) is 0 Å². The lowest BCUT2D eigenvalue weighted by atomic mass is 9.78. The molecule has 3 aromatic rings. The first-order chi connectivity index (χ1) is 16.7. The van der Waals surface area contributed by atoms with Crippen molar-refractivity contribution in [3.63, 3.8) is 0 Å². The van der Waals surface area contributed by atoms with Crippen molar-refractivity contribution in [1.82, 2.24) is 14.3 Å². The zero-order chi connectivity index (χ0) is 24.9. The first-order valence-electron chi connectivity index (χ1n) is 11.6. The third-order valence-corrected chi connectivity index (χ3v) is 6.93. The molecule has 35 heavy (non-hydrogen) atoms. The van der Waals surface area contributed by atoms with Crippen molar-refractivity contribution in [3.8, 4) is 28.1 Å². The lowest BCUT2D eigenvalue weighted by molar-refractivity contribution is 0.0145. The molecule has 2 atom stereocenters. The van der Waals surface area contributed by atoms with Crippen LogP contribution >= 0.6 is 0 Å². The van der Waals surface area contributed by atoms with Crippen molar-refractivity contribution in [3.05, 3.63) is 58.1 Å². The molecule has 0 unspecified atom stereocenters. The summed E-state index contributed by atoms with van der Waals surface area (Å²) in [5.41, 5.74) is 2.99. The highest BCUT2D eigenvalue weighted by molar-refractivity contribution is 5.88. The van der Waals surface area contributed by atoms with E-state index in [0.717, 1.165) is 34.4 Å². The SMILES string of the molecule is COCCCOc1cc2c(cc1-c1cnn(C)c1)-c1cc(=O)c(C(=O)O)cn1[C@H]1[C@@H]2COC1(C)C. The second kappa shape index (κ2) is 8.66. The van der Waals surface area contributed by atoms with Crippen LogP contribution < -0.4 is 10.2 Å². The highest BCUT2D eigenvalue weighted by Gasteiger charge is 2.49. The van der Waals surface area contributed by atoms with E-state index in [1.165, 1.54) is 12.3 Å². The first-order valence-corrected chi connectivity index (χ1v) is 11.6. The molecule has 184 valence electrons. The third-order valence-electron chi connectivity index (χ3n) is 6.93. The number of carboxylic acid groups (broad SMARTS) is 1. The molecule has 9 heteroatoms. The Bertz CT molecular complexity index is 1360. The fourth-order valence-electron chi connectivity index (χ4n) is 5.33. The van der Waals surface area contributed by atoms with Gasteiger partial charge in [0.25, 0.3) is 0 Å². The molecule has 9 nitrogen and oxygen atoms in total. The molecular weight excluding hydrogens is 450 g/mol. The highest BCUT2D eigenvalue weighted by atomic mass is 16.5. The van der Waals surface area contributed by atoms with E-state index in [1.54, 1.807) is 18.0 Å². The molecule has 2 aliphatic heterocycles. The van der Waals surface area contributed by atoms with Crippen LogP contribution in [-0.4, -0.2) is 58.0 Å². The Kier molecular flexibility index (Phi) is 5.77. The average Bonchev–Trinajstić information content (AvgIpc) is 3.38. The van der Waals surface area contributed by atoms with Gasteiger partial charge in [-0.05, 0) is 31.5 Å². The number of carbonyl (C=O) groups is 1. The summed E-state index contributed by atoms with van der Waals surface area (Å²) in [5.74, 6) is -0.532. The van der Waals surface area contributed by atoms with Crippen LogP contribution in [0.15, 0.2) is 41.6 Å². The number of nitrogens with zero attached hydrogens (tertiary/aromatic N) is 3. The van der Waals surface area contributed by atoms with Crippen LogP contribution in [0.25, 0.3) is 22.4 Å². The van der Waals surface area contributed by atoms with Crippen LogP contribution in [0.4, 0.5) is 0 Å². The van der Waals surface area contributed by atoms with Gasteiger partial charge in [-0.15, -0.1) is 0 Å². The van der Waals surface area contributed by atoms with E-state index in [9.17, 15) is 14.7 Å². The molecule has 4 heterocycles. The van der Waals surface area contributed by atoms with Crippen molar-refractivity contribution in [1.29, 1.82) is 0 Å². The molecule has 1 fully saturated rings. The number of rotatable bonds is 7. The van der Waals surface area contributed by atoms with E-state index in [0.29, 0.717) is 25.5 Å². The Balaban J connectivity index is 1.73. The lowest BCUT2D eigenvalue weighted by Crippen LogP contribution is -2.36. The van der Waals surface area contributed by atoms with Gasteiger partial charge >= 0.3 is 5.97 Å². The van der Waals surface area contributed by atoms with Crippen molar-refractivity contribution in [2.24, 2.45) is 7.05 Å². The number of hydrogen-bond acceptors (Lipinski definition) is 6. The van der Waals surface area contributed by atoms with Crippen LogP contribution in [0.2, 0.25) is 0 Å². The number of aryl methyl sites for hydroxylation is 1. The molecular formula is C26H29N3O6. The fraction of sp³-hybridized carbons (Fsp3) is 0.423. The lowest BCUT2D eigenvalue weighted by Gasteiger charge is -2.38. The quantitative estimate of drug-likeness (QED) is 0.517. The van der Waals surface area contributed by atoms with Gasteiger partial charge in [-0.25, -0.2) is 4.79 Å². The molecule has 5 rings (SSSR count). The van der Waals surface area contributed by atoms with E-state index in [2.05, 4.69) is 5.10 Å². The smallest absolute Gasteiger partial charge is 0.341 e. The number of carboxylic acids is 1. The number of fused-ring (bicyclic) bond motifs is 6. The van der Waals surface area contributed by atoms with Crippen molar-refractivity contribution in [2.75, 3.05) is 26.9 Å². The number of ether oxygens (including phenoxy) is 3. The molecule has 1 N–H and O–H groups in total. The molecule has 0 radical (unpaired) electrons. The Morgan fingerprint density at radius 2 is 2.03 bits per heavy atom. The zero-order valence-corrected chi connectivity index (χ0v) is 20.3. The Labute approximate surface area is 202 Å². The number of methoxy groups -OCH3 is 1. The number of benzene rings is 1. The molecule has 0 aliphatic carbocycles. The van der Waals surface area contributed by atoms with E-state index < -0.39 is 17.0 Å². The average molecular weight is 480 g/mol. The molecule has 2 aromatic heterocycles. The summed E-state index contributed by atoms with van der Waals surface area (Å²) >= 11 is 0. The van der Waals surface area contributed by atoms with E-state index in [4.69, 9.17) is 14.2 Å². The Morgan fingerprint density at radius 1 is 1.23 bits per heavy atom. The zero-order valence-electron chi connectivity index (χ0n) is 20.3. The van der Waals surface area contributed by atoms with Gasteiger partial charge in [0.1, 0.15) is 11.3 Å². The summed E-state index contributed by atoms with van der Waals surface area (Å²) in [7, 11) is 3.52. The van der Waals surface area contributed by atoms with Gasteiger partial charge < -0.3 is 23.9 Å². The van der Waals surface area contributed by atoms with Gasteiger partial charge in [-0.2, -0.15) is 5.10 Å². The summed E-state index contributed by atoms with van der Waals surface area (Å²) in [4.78, 5) is 24.5. The molecule has 0 bridgehead atoms. The van der Waals surface area contributed by atoms with Crippen molar-refractivity contribution >= 4 is 5.97 Å². The van der Waals surface area contributed by atoms with Gasteiger partial charge in [0.15, 0.2) is 5.43 Å². The molecule has 1 aromatic carbocycles. The molecule has 0 saturated carbocycles. The van der Waals surface area contributed by atoms with E-state index in [1.807, 2.05) is 43.8 Å². The molecule has 0 amide bonds. The third kappa shape index (κ3) is 3.94. The summed E-state index contributed by atoms with van der Waals surface area (Å²) in [6.45, 7) is 5.57. The van der Waals surface area contributed by atoms with Gasteiger partial charge in [-0.1, -0.05) is 0 Å². The minimum atomic E-state index is -1.24. The fourth-order valence-corrected chi connectivity index (χ4v) is 5.33. The van der Waals surface area contributed by atoms with Crippen LogP contribution in [0, 0.1) is 0 Å². The monoisotopic (exact) mass is 479 g/mol. The summed E-state index contributed by atoms with van der Waals surface area (Å²) in [6.07, 6.45) is 5.91. The second-order valence-electron chi connectivity index (χ2n) is 9.65. The number of aromatic carboxylic acids is 1. The molecule has 1 saturated heterocycles. The number of aromatic nitrogens is 3. The number of hydrogen-bond donors (Lipinski definition) is 1. The predicted molar refractivity (Wildman–Crippen MR) is 129 cm³/mol. The summed E-state index contributed by atoms with van der Waals surface area (Å²) in [6, 6.07) is 5.32. The minimum Gasteiger partial charge on any atom is -0.493 e. The van der Waals surface area contributed by atoms with Crippen LogP contribution in [-0.2, 0) is 16.5 Å². The van der Waals surface area contributed by atoms with Gasteiger partial charge in [0.2, 0.25) is 0 Å². The first kappa shape index (κ1) is 23.3. The van der Waals surface area contributed by atoms with Gasteiger partial charge in [-0.3, -0.25) is 9.48 Å². The normalized spacial score (nSPS) is 19.7. The van der Waals surface area contributed by atoms with E-state index in [-0.39, 0.29) is 17.5 Å². The Morgan fingerprint density at radius 3 is 2.71 bits per heavy atom. The van der Waals surface area contributed by atoms with Crippen molar-refractivity contribution < 1.29 is 24.1 Å². The van der Waals surface area contributed by atoms with E-state index >= 15 is 0 Å². The molecule has 2 aliphatic rings. The van der Waals surface area contributed by atoms with Crippen LogP contribution in [0.1, 0.15) is 48.1 Å². The maximum absolute atomic E-state index is 12.7. The maximum atomic E-state index is 12.7. The maximum Gasteiger partial charge on any atom is 0.341 e. The molecule has 0 spiro atoms. The second-order valence-corrected chi connectivity index (χ2v) is 9.65. The summed E-state index contributed by atoms with van der Waals surface area (Å²) in [5, 5.41) is 13.9. The van der Waals surface area contributed by atoms with Gasteiger partial charge in [0, 0.05) is 68.3 Å². The minimum absolute atomic E-state index is 0.0269. The van der Waals surface area contributed by atoms with Gasteiger partial charge in [0.05, 0.1) is 36.7 Å².